The molecule has 0 aliphatic heterocycles. The fraction of sp³-hybridized carbons (Fsp3) is 0.500. The molecule has 1 aromatic heterocycles. The molecule has 17 heavy (non-hydrogen) atoms. The molecular weight excluding hydrogens is 276 g/mol. The first-order valence-electron chi connectivity index (χ1n) is 6.08. The SMILES string of the molecule is C=CC(C)(CNC1CC1)Cc1cncc(Br)c1. The summed E-state index contributed by atoms with van der Waals surface area (Å²) in [7, 11) is 0. The Morgan fingerprint density at radius 1 is 1.59 bits per heavy atom. The van der Waals surface area contributed by atoms with E-state index in [0.29, 0.717) is 0 Å². The van der Waals surface area contributed by atoms with Crippen LogP contribution < -0.4 is 5.32 Å². The van der Waals surface area contributed by atoms with Crippen LogP contribution in [0.15, 0.2) is 35.6 Å². The molecule has 2 nitrogen and oxygen atoms in total. The normalized spacial score (nSPS) is 18.7. The van der Waals surface area contributed by atoms with E-state index in [4.69, 9.17) is 0 Å². The van der Waals surface area contributed by atoms with Crippen LogP contribution in [0.1, 0.15) is 25.3 Å². The maximum atomic E-state index is 4.21. The number of hydrogen-bond acceptors (Lipinski definition) is 2. The molecule has 1 fully saturated rings. The molecule has 1 saturated carbocycles. The minimum Gasteiger partial charge on any atom is -0.313 e. The topological polar surface area (TPSA) is 24.9 Å². The molecule has 0 radical (unpaired) electrons. The van der Waals surface area contributed by atoms with Crippen molar-refractivity contribution in [3.8, 4) is 0 Å². The van der Waals surface area contributed by atoms with Crippen molar-refractivity contribution >= 4 is 15.9 Å². The Labute approximate surface area is 112 Å². The summed E-state index contributed by atoms with van der Waals surface area (Å²) >= 11 is 3.46. The van der Waals surface area contributed by atoms with Gasteiger partial charge in [-0.15, -0.1) is 6.58 Å². The van der Waals surface area contributed by atoms with Crippen LogP contribution in [0.4, 0.5) is 0 Å². The summed E-state index contributed by atoms with van der Waals surface area (Å²) in [6.07, 6.45) is 9.43. The van der Waals surface area contributed by atoms with Crippen molar-refractivity contribution in [2.75, 3.05) is 6.54 Å². The third-order valence-corrected chi connectivity index (χ3v) is 3.67. The van der Waals surface area contributed by atoms with E-state index >= 15 is 0 Å². The fourth-order valence-corrected chi connectivity index (χ4v) is 2.30. The highest BCUT2D eigenvalue weighted by atomic mass is 79.9. The van der Waals surface area contributed by atoms with Gasteiger partial charge in [-0.1, -0.05) is 13.0 Å². The number of pyridine rings is 1. The van der Waals surface area contributed by atoms with Crippen molar-refractivity contribution in [1.29, 1.82) is 0 Å². The number of rotatable bonds is 6. The molecule has 1 aliphatic carbocycles. The summed E-state index contributed by atoms with van der Waals surface area (Å²) in [5.41, 5.74) is 1.35. The Hall–Kier alpha value is -0.670. The monoisotopic (exact) mass is 294 g/mol. The van der Waals surface area contributed by atoms with Gasteiger partial charge in [-0.05, 0) is 46.8 Å². The summed E-state index contributed by atoms with van der Waals surface area (Å²) in [5, 5.41) is 3.58. The Morgan fingerprint density at radius 2 is 2.35 bits per heavy atom. The van der Waals surface area contributed by atoms with Crippen LogP contribution in [0.5, 0.6) is 0 Å². The van der Waals surface area contributed by atoms with Gasteiger partial charge in [-0.3, -0.25) is 4.98 Å². The Balaban J connectivity index is 1.99. The molecule has 1 aromatic rings. The van der Waals surface area contributed by atoms with Crippen LogP contribution in [0.2, 0.25) is 0 Å². The number of hydrogen-bond donors (Lipinski definition) is 1. The first kappa shape index (κ1) is 12.8. The molecule has 1 atom stereocenters. The van der Waals surface area contributed by atoms with E-state index in [2.05, 4.69) is 51.9 Å². The third kappa shape index (κ3) is 3.93. The van der Waals surface area contributed by atoms with Crippen molar-refractivity contribution < 1.29 is 0 Å². The van der Waals surface area contributed by atoms with Crippen LogP contribution in [0, 0.1) is 5.41 Å². The first-order valence-corrected chi connectivity index (χ1v) is 6.87. The van der Waals surface area contributed by atoms with Crippen LogP contribution in [-0.2, 0) is 6.42 Å². The standard InChI is InChI=1S/C14H19BrN2/c1-3-14(2,10-17-13-4-5-13)7-11-6-12(15)9-16-8-11/h3,6,8-9,13,17H,1,4-5,7,10H2,2H3. The Morgan fingerprint density at radius 3 is 2.94 bits per heavy atom. The highest BCUT2D eigenvalue weighted by Crippen LogP contribution is 2.26. The molecule has 0 saturated heterocycles. The van der Waals surface area contributed by atoms with Gasteiger partial charge >= 0.3 is 0 Å². The van der Waals surface area contributed by atoms with Gasteiger partial charge in [0.15, 0.2) is 0 Å². The summed E-state index contributed by atoms with van der Waals surface area (Å²) in [5.74, 6) is 0. The van der Waals surface area contributed by atoms with Gasteiger partial charge < -0.3 is 5.32 Å². The molecule has 0 spiro atoms. The summed E-state index contributed by atoms with van der Waals surface area (Å²) in [6, 6.07) is 2.88. The minimum absolute atomic E-state index is 0.102. The van der Waals surface area contributed by atoms with E-state index in [-0.39, 0.29) is 5.41 Å². The Kier molecular flexibility index (Phi) is 4.00. The molecule has 1 aliphatic rings. The van der Waals surface area contributed by atoms with Gasteiger partial charge in [0, 0.05) is 34.9 Å². The lowest BCUT2D eigenvalue weighted by Gasteiger charge is -2.26. The van der Waals surface area contributed by atoms with Crippen LogP contribution >= 0.6 is 15.9 Å². The number of halogens is 1. The molecule has 92 valence electrons. The highest BCUT2D eigenvalue weighted by Gasteiger charge is 2.26. The maximum Gasteiger partial charge on any atom is 0.0410 e. The quantitative estimate of drug-likeness (QED) is 0.814. The van der Waals surface area contributed by atoms with Crippen molar-refractivity contribution in [2.45, 2.75) is 32.2 Å². The van der Waals surface area contributed by atoms with Crippen LogP contribution in [-0.4, -0.2) is 17.6 Å². The summed E-state index contributed by atoms with van der Waals surface area (Å²) in [4.78, 5) is 4.21. The van der Waals surface area contributed by atoms with E-state index in [1.807, 2.05) is 12.4 Å². The van der Waals surface area contributed by atoms with Gasteiger partial charge in [0.2, 0.25) is 0 Å². The van der Waals surface area contributed by atoms with Gasteiger partial charge in [-0.2, -0.15) is 0 Å². The predicted octanol–water partition coefficient (Wildman–Crippen LogP) is 3.33. The van der Waals surface area contributed by atoms with Gasteiger partial charge in [0.1, 0.15) is 0 Å². The average molecular weight is 295 g/mol. The van der Waals surface area contributed by atoms with E-state index in [0.717, 1.165) is 23.5 Å². The third-order valence-electron chi connectivity index (χ3n) is 3.23. The van der Waals surface area contributed by atoms with E-state index in [1.54, 1.807) is 0 Å². The smallest absolute Gasteiger partial charge is 0.0410 e. The first-order chi connectivity index (χ1) is 8.11. The second-order valence-corrected chi connectivity index (χ2v) is 6.12. The number of aromatic nitrogens is 1. The minimum atomic E-state index is 0.102. The highest BCUT2D eigenvalue weighted by molar-refractivity contribution is 9.10. The Bertz CT molecular complexity index is 401. The average Bonchev–Trinajstić information content (AvgIpc) is 3.10. The van der Waals surface area contributed by atoms with Crippen molar-refractivity contribution in [2.24, 2.45) is 5.41 Å². The second kappa shape index (κ2) is 5.32. The summed E-state index contributed by atoms with van der Waals surface area (Å²) < 4.78 is 1.04. The van der Waals surface area contributed by atoms with Crippen molar-refractivity contribution in [3.63, 3.8) is 0 Å². The van der Waals surface area contributed by atoms with Crippen LogP contribution in [0.25, 0.3) is 0 Å². The molecule has 1 heterocycles. The largest absolute Gasteiger partial charge is 0.313 e. The zero-order chi connectivity index (χ0) is 12.3. The number of nitrogens with one attached hydrogen (secondary N) is 1. The fourth-order valence-electron chi connectivity index (χ4n) is 1.89. The maximum absolute atomic E-state index is 4.21. The second-order valence-electron chi connectivity index (χ2n) is 5.20. The lowest BCUT2D eigenvalue weighted by Crippen LogP contribution is -2.33. The molecule has 0 amide bonds. The lowest BCUT2D eigenvalue weighted by molar-refractivity contribution is 0.389. The van der Waals surface area contributed by atoms with E-state index < -0.39 is 0 Å². The zero-order valence-corrected chi connectivity index (χ0v) is 11.8. The lowest BCUT2D eigenvalue weighted by atomic mass is 9.84. The van der Waals surface area contributed by atoms with Crippen molar-refractivity contribution in [3.05, 3.63) is 41.2 Å². The molecule has 1 unspecified atom stereocenters. The molecule has 0 aromatic carbocycles. The van der Waals surface area contributed by atoms with Gasteiger partial charge in [0.05, 0.1) is 0 Å². The molecule has 0 bridgehead atoms. The van der Waals surface area contributed by atoms with Crippen LogP contribution in [0.3, 0.4) is 0 Å². The zero-order valence-electron chi connectivity index (χ0n) is 10.2. The van der Waals surface area contributed by atoms with Gasteiger partial charge in [0.25, 0.3) is 0 Å². The number of nitrogens with zero attached hydrogens (tertiary/aromatic N) is 1. The molecule has 1 N–H and O–H groups in total. The molecule has 2 rings (SSSR count). The predicted molar refractivity (Wildman–Crippen MR) is 75.0 cm³/mol. The van der Waals surface area contributed by atoms with Crippen molar-refractivity contribution in [1.82, 2.24) is 10.3 Å². The molecule has 3 heteroatoms. The van der Waals surface area contributed by atoms with E-state index in [1.165, 1.54) is 18.4 Å². The van der Waals surface area contributed by atoms with E-state index in [9.17, 15) is 0 Å². The molecular formula is C14H19BrN2. The van der Waals surface area contributed by atoms with Gasteiger partial charge in [-0.25, -0.2) is 0 Å². The summed E-state index contributed by atoms with van der Waals surface area (Å²) in [6.45, 7) is 7.22.